The Labute approximate surface area is 166 Å². The summed E-state index contributed by atoms with van der Waals surface area (Å²) >= 11 is 0. The molecule has 2 aromatic carbocycles. The van der Waals surface area contributed by atoms with E-state index in [1.54, 1.807) is 0 Å². The number of nitrogens with zero attached hydrogens (tertiary/aromatic N) is 1. The molecule has 150 valence electrons. The summed E-state index contributed by atoms with van der Waals surface area (Å²) in [5, 5.41) is 32.8. The van der Waals surface area contributed by atoms with Gasteiger partial charge in [-0.25, -0.2) is 4.79 Å². The zero-order valence-electron chi connectivity index (χ0n) is 15.6. The van der Waals surface area contributed by atoms with Crippen LogP contribution in [0.4, 0.5) is 0 Å². The maximum Gasteiger partial charge on any atom is 0.344 e. The van der Waals surface area contributed by atoms with E-state index in [-0.39, 0.29) is 13.0 Å². The molecule has 3 N–H and O–H groups in total. The lowest BCUT2D eigenvalue weighted by molar-refractivity contribution is -0.262. The number of aliphatic hydroxyl groups excluding tert-OH is 1. The maximum atomic E-state index is 12.5. The highest BCUT2D eigenvalue weighted by Gasteiger charge is 2.73. The predicted molar refractivity (Wildman–Crippen MR) is 103 cm³/mol. The Morgan fingerprint density at radius 2 is 1.79 bits per heavy atom. The molecule has 5 rings (SSSR count). The van der Waals surface area contributed by atoms with E-state index in [1.165, 1.54) is 0 Å². The highest BCUT2D eigenvalue weighted by Crippen LogP contribution is 2.45. The Kier molecular flexibility index (Phi) is 4.04. The van der Waals surface area contributed by atoms with Gasteiger partial charge in [-0.1, -0.05) is 48.5 Å². The summed E-state index contributed by atoms with van der Waals surface area (Å²) in [4.78, 5) is 12.5. The van der Waals surface area contributed by atoms with Gasteiger partial charge in [0.2, 0.25) is 11.4 Å². The van der Waals surface area contributed by atoms with Crippen molar-refractivity contribution in [3.63, 3.8) is 0 Å². The second-order valence-electron chi connectivity index (χ2n) is 7.72. The van der Waals surface area contributed by atoms with Crippen LogP contribution >= 0.6 is 0 Å². The second kappa shape index (κ2) is 6.40. The number of esters is 1. The summed E-state index contributed by atoms with van der Waals surface area (Å²) in [6, 6.07) is 17.6. The van der Waals surface area contributed by atoms with Crippen LogP contribution in [-0.2, 0) is 27.2 Å². The maximum absolute atomic E-state index is 12.5. The van der Waals surface area contributed by atoms with E-state index in [0.717, 1.165) is 16.5 Å². The zero-order valence-corrected chi connectivity index (χ0v) is 15.6. The smallest absolute Gasteiger partial charge is 0.344 e. The first-order chi connectivity index (χ1) is 13.9. The van der Waals surface area contributed by atoms with Crippen LogP contribution < -0.4 is 0 Å². The number of hydrogen-bond donors (Lipinski definition) is 3. The Morgan fingerprint density at radius 3 is 2.59 bits per heavy atom. The van der Waals surface area contributed by atoms with E-state index in [0.29, 0.717) is 12.1 Å². The number of ether oxygens (including phenoxy) is 2. The zero-order chi connectivity index (χ0) is 20.2. The van der Waals surface area contributed by atoms with Crippen LogP contribution in [0.1, 0.15) is 11.1 Å². The van der Waals surface area contributed by atoms with Crippen LogP contribution in [0.3, 0.4) is 0 Å². The predicted octanol–water partition coefficient (Wildman–Crippen LogP) is 0.968. The van der Waals surface area contributed by atoms with Crippen molar-refractivity contribution in [2.24, 2.45) is 0 Å². The Hall–Kier alpha value is -2.71. The molecule has 1 aromatic heterocycles. The molecule has 29 heavy (non-hydrogen) atoms. The van der Waals surface area contributed by atoms with Crippen molar-refractivity contribution in [1.29, 1.82) is 0 Å². The molecule has 0 amide bonds. The van der Waals surface area contributed by atoms with E-state index in [2.05, 4.69) is 0 Å². The van der Waals surface area contributed by atoms with E-state index in [1.807, 2.05) is 65.4 Å². The van der Waals surface area contributed by atoms with Crippen molar-refractivity contribution in [3.05, 3.63) is 71.9 Å². The van der Waals surface area contributed by atoms with E-state index >= 15 is 0 Å². The van der Waals surface area contributed by atoms with Gasteiger partial charge in [-0.05, 0) is 17.2 Å². The number of para-hydroxylation sites is 1. The quantitative estimate of drug-likeness (QED) is 0.569. The molecule has 0 saturated carbocycles. The average Bonchev–Trinajstić information content (AvgIpc) is 3.28. The molecule has 2 aliphatic heterocycles. The highest BCUT2D eigenvalue weighted by atomic mass is 16.7. The van der Waals surface area contributed by atoms with Crippen LogP contribution in [0.25, 0.3) is 10.9 Å². The molecule has 0 bridgehead atoms. The molecule has 7 heteroatoms. The summed E-state index contributed by atoms with van der Waals surface area (Å²) in [7, 11) is 0. The minimum Gasteiger partial charge on any atom is -0.451 e. The molecular formula is C22H21NO6. The van der Waals surface area contributed by atoms with Gasteiger partial charge in [0, 0.05) is 30.1 Å². The molecule has 3 aromatic rings. The number of aromatic nitrogens is 1. The minimum atomic E-state index is -2.31. The third-order valence-electron chi connectivity index (χ3n) is 5.89. The van der Waals surface area contributed by atoms with Crippen LogP contribution in [0, 0.1) is 0 Å². The highest BCUT2D eigenvalue weighted by molar-refractivity contribution is 5.88. The number of rotatable bonds is 4. The van der Waals surface area contributed by atoms with Crippen LogP contribution in [0.15, 0.2) is 60.8 Å². The first-order valence-corrected chi connectivity index (χ1v) is 9.51. The summed E-state index contributed by atoms with van der Waals surface area (Å²) in [5.74, 6) is -3.28. The lowest BCUT2D eigenvalue weighted by Gasteiger charge is -2.31. The average molecular weight is 395 g/mol. The minimum absolute atomic E-state index is 0.201. The molecule has 4 atom stereocenters. The molecule has 0 aliphatic carbocycles. The normalized spacial score (nSPS) is 31.2. The number of fused-ring (bicyclic) bond motifs is 2. The Morgan fingerprint density at radius 1 is 1.07 bits per heavy atom. The summed E-state index contributed by atoms with van der Waals surface area (Å²) in [6.45, 7) is 0.402. The largest absolute Gasteiger partial charge is 0.451 e. The first kappa shape index (κ1) is 18.3. The third-order valence-corrected chi connectivity index (χ3v) is 5.89. The van der Waals surface area contributed by atoms with Gasteiger partial charge in [-0.15, -0.1) is 0 Å². The van der Waals surface area contributed by atoms with Crippen molar-refractivity contribution < 1.29 is 29.6 Å². The van der Waals surface area contributed by atoms with Gasteiger partial charge in [-0.3, -0.25) is 0 Å². The number of benzene rings is 2. The van der Waals surface area contributed by atoms with Gasteiger partial charge >= 0.3 is 5.97 Å². The van der Waals surface area contributed by atoms with E-state index in [4.69, 9.17) is 9.47 Å². The molecule has 0 spiro atoms. The lowest BCUT2D eigenvalue weighted by atomic mass is 9.85. The van der Waals surface area contributed by atoms with Gasteiger partial charge in [-0.2, -0.15) is 0 Å². The monoisotopic (exact) mass is 395 g/mol. The molecule has 2 saturated heterocycles. The van der Waals surface area contributed by atoms with Crippen molar-refractivity contribution in [1.82, 2.24) is 4.57 Å². The summed E-state index contributed by atoms with van der Waals surface area (Å²) < 4.78 is 12.4. The van der Waals surface area contributed by atoms with Gasteiger partial charge in [0.15, 0.2) is 6.10 Å². The third kappa shape index (κ3) is 2.63. The fourth-order valence-corrected chi connectivity index (χ4v) is 4.36. The van der Waals surface area contributed by atoms with Gasteiger partial charge in [0.1, 0.15) is 6.10 Å². The van der Waals surface area contributed by atoms with Crippen molar-refractivity contribution >= 4 is 16.9 Å². The molecule has 2 fully saturated rings. The molecule has 0 radical (unpaired) electrons. The van der Waals surface area contributed by atoms with Gasteiger partial charge in [0.25, 0.3) is 0 Å². The van der Waals surface area contributed by atoms with Gasteiger partial charge in [0.05, 0.1) is 6.61 Å². The second-order valence-corrected chi connectivity index (χ2v) is 7.72. The van der Waals surface area contributed by atoms with Crippen LogP contribution in [-0.4, -0.2) is 56.1 Å². The standard InChI is InChI=1S/C22H21NO6/c24-18-13-28-22(27)19(18)29-20(25)21(22,26)10-15-12-23(11-14-6-2-1-3-7-14)17-9-5-4-8-16(15)17/h1-9,12,18-19,24,26-27H,10-11,13H2/t18-,19?,21+,22-/m0/s1. The van der Waals surface area contributed by atoms with Crippen molar-refractivity contribution in [2.75, 3.05) is 6.61 Å². The summed E-state index contributed by atoms with van der Waals surface area (Å²) in [6.07, 6.45) is -0.825. The van der Waals surface area contributed by atoms with Crippen LogP contribution in [0.5, 0.6) is 0 Å². The fraction of sp³-hybridized carbons (Fsp3) is 0.318. The Balaban J connectivity index is 1.55. The summed E-state index contributed by atoms with van der Waals surface area (Å²) in [5.41, 5.74) is 0.420. The molecule has 1 unspecified atom stereocenters. The van der Waals surface area contributed by atoms with E-state index < -0.39 is 29.6 Å². The van der Waals surface area contributed by atoms with Crippen molar-refractivity contribution in [2.45, 2.75) is 36.6 Å². The number of carbonyl (C=O) groups excluding carboxylic acids is 1. The topological polar surface area (TPSA) is 101 Å². The lowest BCUT2D eigenvalue weighted by Crippen LogP contribution is -2.59. The van der Waals surface area contributed by atoms with E-state index in [9.17, 15) is 20.1 Å². The molecule has 2 aliphatic rings. The SMILES string of the molecule is O=C1OC2[C@@H](O)CO[C@]2(O)[C@@]1(O)Cc1cn(Cc2ccccc2)c2ccccc12. The fourth-order valence-electron chi connectivity index (χ4n) is 4.36. The molecule has 7 nitrogen and oxygen atoms in total. The molecular weight excluding hydrogens is 374 g/mol. The number of carbonyl (C=O) groups is 1. The number of aliphatic hydroxyl groups is 3. The van der Waals surface area contributed by atoms with Crippen LogP contribution in [0.2, 0.25) is 0 Å². The van der Waals surface area contributed by atoms with Gasteiger partial charge < -0.3 is 29.4 Å². The molecule has 3 heterocycles. The number of hydrogen-bond acceptors (Lipinski definition) is 6. The Bertz CT molecular complexity index is 1080. The van der Waals surface area contributed by atoms with Crippen molar-refractivity contribution in [3.8, 4) is 0 Å². The first-order valence-electron chi connectivity index (χ1n) is 9.51.